The van der Waals surface area contributed by atoms with Gasteiger partial charge in [-0.05, 0) is 25.0 Å². The first-order chi connectivity index (χ1) is 7.81. The summed E-state index contributed by atoms with van der Waals surface area (Å²) in [6.07, 6.45) is 2.31. The number of carbonyl (C=O) groups excluding carboxylic acids is 1. The number of carbonyl (C=O) groups is 1. The van der Waals surface area contributed by atoms with E-state index in [1.807, 2.05) is 24.3 Å². The highest BCUT2D eigenvalue weighted by Gasteiger charge is 2.29. The highest BCUT2D eigenvalue weighted by atomic mass is 16.5. The maximum Gasteiger partial charge on any atom is 0.354 e. The summed E-state index contributed by atoms with van der Waals surface area (Å²) in [5.74, 6) is -0.247. The van der Waals surface area contributed by atoms with Gasteiger partial charge in [-0.2, -0.15) is 0 Å². The van der Waals surface area contributed by atoms with Crippen molar-refractivity contribution in [1.82, 2.24) is 4.57 Å². The van der Waals surface area contributed by atoms with Crippen LogP contribution < -0.4 is 0 Å². The van der Waals surface area contributed by atoms with Crippen LogP contribution in [-0.2, 0) is 4.74 Å². The molecule has 0 aliphatic heterocycles. The monoisotopic (exact) mass is 215 g/mol. The zero-order valence-electron chi connectivity index (χ0n) is 9.14. The first-order valence-corrected chi connectivity index (χ1v) is 5.49. The van der Waals surface area contributed by atoms with Crippen molar-refractivity contribution in [2.45, 2.75) is 18.9 Å². The Balaban J connectivity index is 2.26. The molecule has 0 spiro atoms. The summed E-state index contributed by atoms with van der Waals surface area (Å²) in [4.78, 5) is 11.7. The lowest BCUT2D eigenvalue weighted by Crippen LogP contribution is -2.09. The van der Waals surface area contributed by atoms with Crippen LogP contribution in [0.4, 0.5) is 0 Å². The quantitative estimate of drug-likeness (QED) is 0.721. The van der Waals surface area contributed by atoms with E-state index in [4.69, 9.17) is 4.74 Å². The van der Waals surface area contributed by atoms with Crippen LogP contribution in [-0.4, -0.2) is 17.6 Å². The molecular formula is C13H13NO2. The molecule has 0 atom stereocenters. The Morgan fingerprint density at radius 1 is 1.38 bits per heavy atom. The Labute approximate surface area is 93.6 Å². The van der Waals surface area contributed by atoms with Gasteiger partial charge in [-0.25, -0.2) is 4.79 Å². The lowest BCUT2D eigenvalue weighted by molar-refractivity contribution is 0.0589. The summed E-state index contributed by atoms with van der Waals surface area (Å²) in [7, 11) is 1.43. The summed E-state index contributed by atoms with van der Waals surface area (Å²) in [5.41, 5.74) is 1.80. The molecule has 1 aliphatic rings. The molecule has 0 radical (unpaired) electrons. The topological polar surface area (TPSA) is 31.2 Å². The third kappa shape index (κ3) is 1.32. The van der Waals surface area contributed by atoms with Crippen molar-refractivity contribution in [3.8, 4) is 0 Å². The number of methoxy groups -OCH3 is 1. The molecule has 0 amide bonds. The van der Waals surface area contributed by atoms with Crippen molar-refractivity contribution in [2.24, 2.45) is 0 Å². The van der Waals surface area contributed by atoms with Gasteiger partial charge < -0.3 is 9.30 Å². The molecule has 3 rings (SSSR count). The number of benzene rings is 1. The Hall–Kier alpha value is -1.77. The van der Waals surface area contributed by atoms with Crippen LogP contribution in [0.2, 0.25) is 0 Å². The highest BCUT2D eigenvalue weighted by molar-refractivity contribution is 5.95. The standard InChI is InChI=1S/C13H13NO2/c1-16-13(15)12-8-9-4-2-3-5-11(9)14(12)10-6-7-10/h2-5,8,10H,6-7H2,1H3. The summed E-state index contributed by atoms with van der Waals surface area (Å²) < 4.78 is 6.94. The molecule has 0 saturated heterocycles. The van der Waals surface area contributed by atoms with Gasteiger partial charge in [0.2, 0.25) is 0 Å². The lowest BCUT2D eigenvalue weighted by atomic mass is 10.2. The van der Waals surface area contributed by atoms with Crippen molar-refractivity contribution in [3.05, 3.63) is 36.0 Å². The Morgan fingerprint density at radius 3 is 2.81 bits per heavy atom. The summed E-state index contributed by atoms with van der Waals surface area (Å²) in [5, 5.41) is 1.11. The van der Waals surface area contributed by atoms with E-state index in [1.165, 1.54) is 7.11 Å². The van der Waals surface area contributed by atoms with Crippen LogP contribution in [0, 0.1) is 0 Å². The van der Waals surface area contributed by atoms with E-state index in [1.54, 1.807) is 0 Å². The van der Waals surface area contributed by atoms with E-state index < -0.39 is 0 Å². The van der Waals surface area contributed by atoms with Crippen LogP contribution in [0.15, 0.2) is 30.3 Å². The van der Waals surface area contributed by atoms with Crippen molar-refractivity contribution >= 4 is 16.9 Å². The second-order valence-electron chi connectivity index (χ2n) is 4.18. The third-order valence-corrected chi connectivity index (χ3v) is 3.05. The molecule has 3 nitrogen and oxygen atoms in total. The Kier molecular flexibility index (Phi) is 1.99. The second kappa shape index (κ2) is 3.37. The summed E-state index contributed by atoms with van der Waals surface area (Å²) in [6.45, 7) is 0. The smallest absolute Gasteiger partial charge is 0.354 e. The molecule has 0 N–H and O–H groups in total. The average Bonchev–Trinajstić information content (AvgIpc) is 3.08. The van der Waals surface area contributed by atoms with Crippen molar-refractivity contribution in [1.29, 1.82) is 0 Å². The van der Waals surface area contributed by atoms with Crippen molar-refractivity contribution in [3.63, 3.8) is 0 Å². The van der Waals surface area contributed by atoms with E-state index in [2.05, 4.69) is 10.6 Å². The number of esters is 1. The predicted octanol–water partition coefficient (Wildman–Crippen LogP) is 2.76. The van der Waals surface area contributed by atoms with E-state index in [0.717, 1.165) is 23.7 Å². The SMILES string of the molecule is COC(=O)c1cc2ccccc2n1C1CC1. The fraction of sp³-hybridized carbons (Fsp3) is 0.308. The van der Waals surface area contributed by atoms with Crippen LogP contribution >= 0.6 is 0 Å². The van der Waals surface area contributed by atoms with E-state index in [9.17, 15) is 4.79 Å². The van der Waals surface area contributed by atoms with Gasteiger partial charge in [0.15, 0.2) is 0 Å². The molecule has 2 aromatic rings. The fourth-order valence-corrected chi connectivity index (χ4v) is 2.16. The molecule has 3 heteroatoms. The summed E-state index contributed by atoms with van der Waals surface area (Å²) in [6, 6.07) is 10.5. The number of fused-ring (bicyclic) bond motifs is 1. The molecule has 82 valence electrons. The van der Waals surface area contributed by atoms with Gasteiger partial charge in [-0.15, -0.1) is 0 Å². The molecule has 1 aromatic carbocycles. The molecular weight excluding hydrogens is 202 g/mol. The van der Waals surface area contributed by atoms with Crippen LogP contribution in [0.5, 0.6) is 0 Å². The van der Waals surface area contributed by atoms with Gasteiger partial charge in [0.25, 0.3) is 0 Å². The van der Waals surface area contributed by atoms with Crippen LogP contribution in [0.1, 0.15) is 29.4 Å². The number of hydrogen-bond acceptors (Lipinski definition) is 2. The van der Waals surface area contributed by atoms with Gasteiger partial charge in [-0.3, -0.25) is 0 Å². The number of nitrogens with zero attached hydrogens (tertiary/aromatic N) is 1. The Morgan fingerprint density at radius 2 is 2.12 bits per heavy atom. The van der Waals surface area contributed by atoms with Gasteiger partial charge in [0.1, 0.15) is 5.69 Å². The number of para-hydroxylation sites is 1. The van der Waals surface area contributed by atoms with Gasteiger partial charge in [-0.1, -0.05) is 18.2 Å². The molecule has 0 unspecified atom stereocenters. The van der Waals surface area contributed by atoms with Crippen molar-refractivity contribution in [2.75, 3.05) is 7.11 Å². The second-order valence-corrected chi connectivity index (χ2v) is 4.18. The minimum absolute atomic E-state index is 0.247. The maximum atomic E-state index is 11.7. The minimum Gasteiger partial charge on any atom is -0.464 e. The molecule has 1 fully saturated rings. The molecule has 0 bridgehead atoms. The molecule has 16 heavy (non-hydrogen) atoms. The first-order valence-electron chi connectivity index (χ1n) is 5.49. The van der Waals surface area contributed by atoms with Gasteiger partial charge in [0, 0.05) is 16.9 Å². The number of aromatic nitrogens is 1. The first kappa shape index (κ1) is 9.46. The number of rotatable bonds is 2. The predicted molar refractivity (Wildman–Crippen MR) is 61.5 cm³/mol. The molecule has 1 saturated carbocycles. The average molecular weight is 215 g/mol. The van der Waals surface area contributed by atoms with E-state index >= 15 is 0 Å². The number of ether oxygens (including phenoxy) is 1. The highest BCUT2D eigenvalue weighted by Crippen LogP contribution is 2.39. The maximum absolute atomic E-state index is 11.7. The van der Waals surface area contributed by atoms with E-state index in [0.29, 0.717) is 11.7 Å². The van der Waals surface area contributed by atoms with Crippen LogP contribution in [0.25, 0.3) is 10.9 Å². The largest absolute Gasteiger partial charge is 0.464 e. The van der Waals surface area contributed by atoms with E-state index in [-0.39, 0.29) is 5.97 Å². The summed E-state index contributed by atoms with van der Waals surface area (Å²) >= 11 is 0. The lowest BCUT2D eigenvalue weighted by Gasteiger charge is -2.07. The molecule has 1 heterocycles. The normalized spacial score (nSPS) is 15.3. The Bertz CT molecular complexity index is 552. The fourth-order valence-electron chi connectivity index (χ4n) is 2.16. The molecule has 1 aliphatic carbocycles. The minimum atomic E-state index is -0.247. The zero-order chi connectivity index (χ0) is 11.1. The number of hydrogen-bond donors (Lipinski definition) is 0. The zero-order valence-corrected chi connectivity index (χ0v) is 9.14. The van der Waals surface area contributed by atoms with Gasteiger partial charge in [0.05, 0.1) is 7.11 Å². The van der Waals surface area contributed by atoms with Crippen LogP contribution in [0.3, 0.4) is 0 Å². The van der Waals surface area contributed by atoms with Crippen molar-refractivity contribution < 1.29 is 9.53 Å². The van der Waals surface area contributed by atoms with Gasteiger partial charge >= 0.3 is 5.97 Å². The third-order valence-electron chi connectivity index (χ3n) is 3.05. The molecule has 1 aromatic heterocycles.